The second-order valence-corrected chi connectivity index (χ2v) is 12.8. The molecule has 10 rings (SSSR count). The second kappa shape index (κ2) is 10.7. The van der Waals surface area contributed by atoms with Crippen LogP contribution in [0.2, 0.25) is 0 Å². The first kappa shape index (κ1) is 26.9. The maximum Gasteiger partial charge on any atom is -0.00201 e. The molecule has 0 aromatic heterocycles. The fourth-order valence-electron chi connectivity index (χ4n) is 8.10. The molecule has 0 aliphatic carbocycles. The standard InChI is InChI=1S/C48H30/c1-2-15-33-30-46-34(29-32(33)14-1)27-28-45(48(46)42-23-10-7-19-38(42)36-24-11-16-31-13-3-4-17-35(31)36)44-26-12-25-43-40-20-6-5-18-37(40)39-21-8-9-22-41(39)47(43)44/h1-30H. The Labute approximate surface area is 279 Å². The van der Waals surface area contributed by atoms with Crippen LogP contribution in [0.5, 0.6) is 0 Å². The fraction of sp³-hybridized carbons (Fsp3) is 0. The van der Waals surface area contributed by atoms with Crippen LogP contribution >= 0.6 is 0 Å². The van der Waals surface area contributed by atoms with Crippen molar-refractivity contribution in [3.05, 3.63) is 182 Å². The van der Waals surface area contributed by atoms with Crippen LogP contribution in [0.4, 0.5) is 0 Å². The molecule has 0 spiro atoms. The van der Waals surface area contributed by atoms with Crippen LogP contribution in [0.25, 0.3) is 98.0 Å². The summed E-state index contributed by atoms with van der Waals surface area (Å²) in [7, 11) is 0. The zero-order valence-corrected chi connectivity index (χ0v) is 26.3. The Morgan fingerprint density at radius 2 is 0.688 bits per heavy atom. The first-order valence-electron chi connectivity index (χ1n) is 16.7. The minimum atomic E-state index is 1.24. The molecule has 0 atom stereocenters. The van der Waals surface area contributed by atoms with Crippen molar-refractivity contribution in [3.8, 4) is 33.4 Å². The van der Waals surface area contributed by atoms with E-state index in [2.05, 4.69) is 182 Å². The Kier molecular flexibility index (Phi) is 5.98. The maximum atomic E-state index is 2.40. The molecule has 10 aromatic carbocycles. The van der Waals surface area contributed by atoms with Gasteiger partial charge >= 0.3 is 0 Å². The highest BCUT2D eigenvalue weighted by Gasteiger charge is 2.20. The smallest absolute Gasteiger partial charge is 0.00201 e. The quantitative estimate of drug-likeness (QED) is 0.139. The highest BCUT2D eigenvalue weighted by Crippen LogP contribution is 2.48. The van der Waals surface area contributed by atoms with Gasteiger partial charge in [-0.25, -0.2) is 0 Å². The molecule has 0 aliphatic rings. The van der Waals surface area contributed by atoms with Crippen LogP contribution in [0.3, 0.4) is 0 Å². The van der Waals surface area contributed by atoms with Gasteiger partial charge in [-0.15, -0.1) is 0 Å². The summed E-state index contributed by atoms with van der Waals surface area (Å²) in [4.78, 5) is 0. The van der Waals surface area contributed by atoms with E-state index in [9.17, 15) is 0 Å². The molecular weight excluding hydrogens is 577 g/mol. The largest absolute Gasteiger partial charge is 0.0616 e. The molecule has 0 saturated heterocycles. The van der Waals surface area contributed by atoms with Gasteiger partial charge in [-0.05, 0) is 110 Å². The molecule has 0 radical (unpaired) electrons. The summed E-state index contributed by atoms with van der Waals surface area (Å²) in [6, 6.07) is 67.2. The topological polar surface area (TPSA) is 0 Å². The van der Waals surface area contributed by atoms with Crippen molar-refractivity contribution < 1.29 is 0 Å². The van der Waals surface area contributed by atoms with Gasteiger partial charge < -0.3 is 0 Å². The van der Waals surface area contributed by atoms with Gasteiger partial charge in [0.1, 0.15) is 0 Å². The second-order valence-electron chi connectivity index (χ2n) is 12.8. The highest BCUT2D eigenvalue weighted by molar-refractivity contribution is 6.29. The third-order valence-corrected chi connectivity index (χ3v) is 10.2. The molecule has 0 N–H and O–H groups in total. The summed E-state index contributed by atoms with van der Waals surface area (Å²) in [5.74, 6) is 0. The number of benzene rings is 10. The molecule has 0 bridgehead atoms. The molecule has 0 heterocycles. The summed E-state index contributed by atoms with van der Waals surface area (Å²) in [6.45, 7) is 0. The lowest BCUT2D eigenvalue weighted by Crippen LogP contribution is -1.94. The first-order valence-corrected chi connectivity index (χ1v) is 16.7. The third-order valence-electron chi connectivity index (χ3n) is 10.2. The Morgan fingerprint density at radius 3 is 1.44 bits per heavy atom. The predicted molar refractivity (Wildman–Crippen MR) is 208 cm³/mol. The molecule has 0 unspecified atom stereocenters. The van der Waals surface area contributed by atoms with Crippen molar-refractivity contribution in [1.82, 2.24) is 0 Å². The zero-order valence-electron chi connectivity index (χ0n) is 26.3. The van der Waals surface area contributed by atoms with Crippen LogP contribution in [0.1, 0.15) is 0 Å². The molecule has 48 heavy (non-hydrogen) atoms. The molecule has 0 aliphatic heterocycles. The fourth-order valence-corrected chi connectivity index (χ4v) is 8.10. The van der Waals surface area contributed by atoms with E-state index < -0.39 is 0 Å². The van der Waals surface area contributed by atoms with E-state index in [1.54, 1.807) is 0 Å². The van der Waals surface area contributed by atoms with E-state index in [4.69, 9.17) is 0 Å². The van der Waals surface area contributed by atoms with Gasteiger partial charge in [0.2, 0.25) is 0 Å². The molecule has 0 nitrogen and oxygen atoms in total. The Bertz CT molecular complexity index is 2840. The molecule has 10 aromatic rings. The van der Waals surface area contributed by atoms with E-state index in [0.29, 0.717) is 0 Å². The molecule has 0 saturated carbocycles. The van der Waals surface area contributed by atoms with Crippen LogP contribution < -0.4 is 0 Å². The van der Waals surface area contributed by atoms with Crippen molar-refractivity contribution >= 4 is 64.6 Å². The van der Waals surface area contributed by atoms with E-state index in [-0.39, 0.29) is 0 Å². The van der Waals surface area contributed by atoms with Gasteiger partial charge in [0.15, 0.2) is 0 Å². The van der Waals surface area contributed by atoms with Gasteiger partial charge in [-0.1, -0.05) is 170 Å². The van der Waals surface area contributed by atoms with Crippen LogP contribution in [0.15, 0.2) is 182 Å². The average molecular weight is 607 g/mol. The number of fused-ring (bicyclic) bond motifs is 9. The predicted octanol–water partition coefficient (Wildman–Crippen LogP) is 13.6. The van der Waals surface area contributed by atoms with Crippen molar-refractivity contribution in [2.45, 2.75) is 0 Å². The summed E-state index contributed by atoms with van der Waals surface area (Å²) >= 11 is 0. The number of hydrogen-bond donors (Lipinski definition) is 0. The third kappa shape index (κ3) is 4.03. The van der Waals surface area contributed by atoms with Crippen molar-refractivity contribution in [2.75, 3.05) is 0 Å². The summed E-state index contributed by atoms with van der Waals surface area (Å²) in [5, 5.41) is 15.3. The van der Waals surface area contributed by atoms with Gasteiger partial charge in [0, 0.05) is 0 Å². The number of hydrogen-bond acceptors (Lipinski definition) is 0. The van der Waals surface area contributed by atoms with Crippen molar-refractivity contribution in [1.29, 1.82) is 0 Å². The monoisotopic (exact) mass is 606 g/mol. The minimum absolute atomic E-state index is 1.24. The molecule has 0 amide bonds. The lowest BCUT2D eigenvalue weighted by molar-refractivity contribution is 1.61. The molecular formula is C48H30. The summed E-state index contributed by atoms with van der Waals surface area (Å²) in [5.41, 5.74) is 7.51. The Morgan fingerprint density at radius 1 is 0.208 bits per heavy atom. The van der Waals surface area contributed by atoms with Gasteiger partial charge in [-0.3, -0.25) is 0 Å². The Balaban J connectivity index is 1.38. The maximum absolute atomic E-state index is 2.40. The lowest BCUT2D eigenvalue weighted by Gasteiger charge is -2.21. The van der Waals surface area contributed by atoms with Crippen LogP contribution in [-0.2, 0) is 0 Å². The van der Waals surface area contributed by atoms with Gasteiger partial charge in [0.25, 0.3) is 0 Å². The van der Waals surface area contributed by atoms with Crippen LogP contribution in [-0.4, -0.2) is 0 Å². The van der Waals surface area contributed by atoms with E-state index >= 15 is 0 Å². The Hall–Kier alpha value is -6.24. The van der Waals surface area contributed by atoms with E-state index in [1.165, 1.54) is 98.0 Å². The summed E-state index contributed by atoms with van der Waals surface area (Å²) < 4.78 is 0. The van der Waals surface area contributed by atoms with Crippen molar-refractivity contribution in [2.24, 2.45) is 0 Å². The molecule has 0 heteroatoms. The lowest BCUT2D eigenvalue weighted by atomic mass is 9.82. The molecule has 0 fully saturated rings. The van der Waals surface area contributed by atoms with Gasteiger partial charge in [-0.2, -0.15) is 0 Å². The molecule has 222 valence electrons. The number of rotatable bonds is 3. The average Bonchev–Trinajstić information content (AvgIpc) is 3.16. The van der Waals surface area contributed by atoms with Crippen LogP contribution in [0, 0.1) is 0 Å². The van der Waals surface area contributed by atoms with E-state index in [1.807, 2.05) is 0 Å². The zero-order chi connectivity index (χ0) is 31.6. The summed E-state index contributed by atoms with van der Waals surface area (Å²) in [6.07, 6.45) is 0. The minimum Gasteiger partial charge on any atom is -0.0616 e. The normalized spacial score (nSPS) is 11.8. The first-order chi connectivity index (χ1) is 23.8. The van der Waals surface area contributed by atoms with Crippen molar-refractivity contribution in [3.63, 3.8) is 0 Å². The van der Waals surface area contributed by atoms with Gasteiger partial charge in [0.05, 0.1) is 0 Å². The highest BCUT2D eigenvalue weighted by atomic mass is 14.2. The van der Waals surface area contributed by atoms with E-state index in [0.717, 1.165) is 0 Å². The SMILES string of the molecule is c1ccc(-c2c(-c3cccc4c5ccccc5c5ccccc5c34)ccc3cc4ccccc4cc23)c(-c2cccc3ccccc23)c1.